The Morgan fingerprint density at radius 2 is 1.37 bits per heavy atom. The molecule has 0 saturated carbocycles. The van der Waals surface area contributed by atoms with Gasteiger partial charge in [-0.05, 0) is 78.5 Å². The standard InChI is InChI=1S/C41H50N8O5/c1-23(2)25(5)38(50)47-17-7-9-33(47)36-42-20-31(44-36)26-11-14-29(15-12-26)49-22-28-19-27(13-16-30(28)39(49)51)32-21-43-37(45-32)34-10-8-18-48(34)40(52)35(24(3)4)46-41(53)54-6/h11-16,19-21,23-25,33-35H,7-10,17-18,22H2,1-6H3,(H,42,44)(H,43,45)(H,46,53)/t25-,33?,34+,35?/m1/s1. The number of nitrogens with zero attached hydrogens (tertiary/aromatic N) is 5. The Bertz CT molecular complexity index is 2030. The lowest BCUT2D eigenvalue weighted by molar-refractivity contribution is -0.137. The van der Waals surface area contributed by atoms with Gasteiger partial charge in [0.2, 0.25) is 11.8 Å². The number of hydrogen-bond acceptors (Lipinski definition) is 7. The number of nitrogens with one attached hydrogen (secondary N) is 3. The van der Waals surface area contributed by atoms with E-state index in [4.69, 9.17) is 4.74 Å². The molecule has 0 aliphatic carbocycles. The van der Waals surface area contributed by atoms with E-state index >= 15 is 0 Å². The average Bonchev–Trinajstić information content (AvgIpc) is 4.02. The molecule has 2 aromatic heterocycles. The van der Waals surface area contributed by atoms with Gasteiger partial charge < -0.3 is 34.7 Å². The number of imidazole rings is 2. The maximum Gasteiger partial charge on any atom is 0.407 e. The van der Waals surface area contributed by atoms with E-state index in [2.05, 4.69) is 39.1 Å². The molecular formula is C41H50N8O5. The summed E-state index contributed by atoms with van der Waals surface area (Å²) in [5.74, 6) is 1.59. The minimum atomic E-state index is -0.705. The van der Waals surface area contributed by atoms with Gasteiger partial charge in [0.05, 0.1) is 49.5 Å². The zero-order chi connectivity index (χ0) is 38.3. The zero-order valence-electron chi connectivity index (χ0n) is 31.9. The van der Waals surface area contributed by atoms with Crippen LogP contribution in [0.25, 0.3) is 22.5 Å². The molecule has 0 spiro atoms. The van der Waals surface area contributed by atoms with Crippen molar-refractivity contribution in [1.29, 1.82) is 0 Å². The van der Waals surface area contributed by atoms with Gasteiger partial charge in [0.25, 0.3) is 5.91 Å². The quantitative estimate of drug-likeness (QED) is 0.165. The van der Waals surface area contributed by atoms with Crippen molar-refractivity contribution in [2.24, 2.45) is 17.8 Å². The third kappa shape index (κ3) is 6.99. The highest BCUT2D eigenvalue weighted by atomic mass is 16.5. The molecule has 2 aromatic carbocycles. The molecule has 2 saturated heterocycles. The summed E-state index contributed by atoms with van der Waals surface area (Å²) in [7, 11) is 1.28. The van der Waals surface area contributed by atoms with E-state index < -0.39 is 12.1 Å². The Balaban J connectivity index is 1.02. The molecule has 3 aliphatic heterocycles. The van der Waals surface area contributed by atoms with E-state index in [0.29, 0.717) is 24.5 Å². The molecule has 2 unspecified atom stereocenters. The van der Waals surface area contributed by atoms with Gasteiger partial charge in [0.15, 0.2) is 0 Å². The summed E-state index contributed by atoms with van der Waals surface area (Å²) in [4.78, 5) is 74.1. The van der Waals surface area contributed by atoms with Gasteiger partial charge >= 0.3 is 6.09 Å². The molecule has 3 N–H and O–H groups in total. The lowest BCUT2D eigenvalue weighted by Gasteiger charge is -2.30. The number of aromatic nitrogens is 4. The van der Waals surface area contributed by atoms with Crippen LogP contribution in [0.3, 0.4) is 0 Å². The van der Waals surface area contributed by atoms with Gasteiger partial charge in [-0.3, -0.25) is 14.4 Å². The SMILES string of the molecule is COC(=O)NC(C(=O)N1CCC[C@H]1c1ncc(-c2ccc3c(c2)CN(c2ccc(-c4cnc(C5CCCN5C(=O)[C@H](C)C(C)C)[nH]4)cc2)C3=O)[nH]1)C(C)C. The summed E-state index contributed by atoms with van der Waals surface area (Å²) >= 11 is 0. The normalized spacial score (nSPS) is 19.5. The van der Waals surface area contributed by atoms with Crippen molar-refractivity contribution < 1.29 is 23.9 Å². The topological polar surface area (TPSA) is 157 Å². The predicted molar refractivity (Wildman–Crippen MR) is 204 cm³/mol. The zero-order valence-corrected chi connectivity index (χ0v) is 31.9. The van der Waals surface area contributed by atoms with E-state index in [1.165, 1.54) is 7.11 Å². The molecule has 13 nitrogen and oxygen atoms in total. The molecule has 7 rings (SSSR count). The Kier molecular flexibility index (Phi) is 10.3. The predicted octanol–water partition coefficient (Wildman–Crippen LogP) is 6.63. The first kappa shape index (κ1) is 36.9. The molecule has 5 heterocycles. The fourth-order valence-corrected chi connectivity index (χ4v) is 7.88. The first-order chi connectivity index (χ1) is 25.9. The third-order valence-corrected chi connectivity index (χ3v) is 11.4. The molecule has 3 aliphatic rings. The summed E-state index contributed by atoms with van der Waals surface area (Å²) in [6.07, 6.45) is 6.39. The van der Waals surface area contributed by atoms with E-state index in [-0.39, 0.29) is 47.6 Å². The smallest absolute Gasteiger partial charge is 0.407 e. The first-order valence-electron chi connectivity index (χ1n) is 19.1. The summed E-state index contributed by atoms with van der Waals surface area (Å²) < 4.78 is 4.76. The molecular weight excluding hydrogens is 685 g/mol. The van der Waals surface area contributed by atoms with E-state index in [0.717, 1.165) is 71.8 Å². The molecule has 0 radical (unpaired) electrons. The summed E-state index contributed by atoms with van der Waals surface area (Å²) in [5, 5.41) is 2.69. The van der Waals surface area contributed by atoms with Crippen molar-refractivity contribution in [3.63, 3.8) is 0 Å². The average molecular weight is 735 g/mol. The monoisotopic (exact) mass is 734 g/mol. The number of likely N-dealkylation sites (tertiary alicyclic amines) is 2. The number of fused-ring (bicyclic) bond motifs is 1. The van der Waals surface area contributed by atoms with Crippen LogP contribution in [0.15, 0.2) is 54.9 Å². The van der Waals surface area contributed by atoms with Crippen LogP contribution in [0.2, 0.25) is 0 Å². The number of hydrogen-bond donors (Lipinski definition) is 3. The third-order valence-electron chi connectivity index (χ3n) is 11.4. The maximum atomic E-state index is 13.6. The van der Waals surface area contributed by atoms with Crippen LogP contribution in [0.5, 0.6) is 0 Å². The van der Waals surface area contributed by atoms with Crippen molar-refractivity contribution in [3.8, 4) is 22.5 Å². The second kappa shape index (κ2) is 15.1. The number of carbonyl (C=O) groups excluding carboxylic acids is 4. The van der Waals surface area contributed by atoms with Gasteiger partial charge in [-0.2, -0.15) is 0 Å². The number of aromatic amines is 2. The molecule has 4 atom stereocenters. The van der Waals surface area contributed by atoms with Crippen LogP contribution in [-0.4, -0.2) is 79.8 Å². The van der Waals surface area contributed by atoms with Gasteiger partial charge in [-0.1, -0.05) is 52.8 Å². The molecule has 0 bridgehead atoms. The molecule has 2 fully saturated rings. The van der Waals surface area contributed by atoms with Crippen molar-refractivity contribution in [1.82, 2.24) is 35.1 Å². The van der Waals surface area contributed by atoms with Crippen molar-refractivity contribution in [2.75, 3.05) is 25.1 Å². The number of rotatable bonds is 10. The van der Waals surface area contributed by atoms with Crippen LogP contribution in [0.4, 0.5) is 10.5 Å². The minimum Gasteiger partial charge on any atom is -0.453 e. The Hall–Kier alpha value is -5.46. The number of carbonyl (C=O) groups is 4. The summed E-state index contributed by atoms with van der Waals surface area (Å²) in [6, 6.07) is 12.7. The second-order valence-electron chi connectivity index (χ2n) is 15.4. The highest BCUT2D eigenvalue weighted by Gasteiger charge is 2.38. The van der Waals surface area contributed by atoms with Crippen LogP contribution >= 0.6 is 0 Å². The number of alkyl carbamates (subject to hydrolysis) is 1. The second-order valence-corrected chi connectivity index (χ2v) is 15.4. The molecule has 54 heavy (non-hydrogen) atoms. The number of methoxy groups -OCH3 is 1. The minimum absolute atomic E-state index is 0.0357. The number of anilines is 1. The van der Waals surface area contributed by atoms with Gasteiger partial charge in [0.1, 0.15) is 17.7 Å². The number of amides is 4. The summed E-state index contributed by atoms with van der Waals surface area (Å²) in [6.45, 7) is 11.7. The maximum absolute atomic E-state index is 13.6. The first-order valence-corrected chi connectivity index (χ1v) is 19.1. The van der Waals surface area contributed by atoms with Crippen LogP contribution in [0, 0.1) is 17.8 Å². The fourth-order valence-electron chi connectivity index (χ4n) is 7.88. The van der Waals surface area contributed by atoms with Gasteiger partial charge in [0, 0.05) is 30.3 Å². The molecule has 4 aromatic rings. The van der Waals surface area contributed by atoms with Crippen molar-refractivity contribution in [3.05, 3.63) is 77.6 Å². The Labute approximate surface area is 315 Å². The molecule has 13 heteroatoms. The Morgan fingerprint density at radius 1 is 0.796 bits per heavy atom. The van der Waals surface area contributed by atoms with E-state index in [9.17, 15) is 19.2 Å². The molecule has 284 valence electrons. The molecule has 4 amide bonds. The number of ether oxygens (including phenoxy) is 1. The largest absolute Gasteiger partial charge is 0.453 e. The lowest BCUT2D eigenvalue weighted by Crippen LogP contribution is -2.51. The fraction of sp³-hybridized carbons (Fsp3) is 0.463. The van der Waals surface area contributed by atoms with Crippen LogP contribution in [0.1, 0.15) is 100.0 Å². The van der Waals surface area contributed by atoms with E-state index in [1.54, 1.807) is 16.0 Å². The lowest BCUT2D eigenvalue weighted by atomic mass is 9.96. The van der Waals surface area contributed by atoms with Gasteiger partial charge in [-0.25, -0.2) is 14.8 Å². The van der Waals surface area contributed by atoms with Crippen molar-refractivity contribution in [2.45, 2.75) is 85.0 Å². The highest BCUT2D eigenvalue weighted by Crippen LogP contribution is 2.37. The van der Waals surface area contributed by atoms with Gasteiger partial charge in [-0.15, -0.1) is 0 Å². The highest BCUT2D eigenvalue weighted by molar-refractivity contribution is 6.10. The van der Waals surface area contributed by atoms with Crippen LogP contribution in [-0.2, 0) is 20.9 Å². The summed E-state index contributed by atoms with van der Waals surface area (Å²) in [5.41, 5.74) is 5.90. The number of benzene rings is 2. The number of H-pyrrole nitrogens is 2. The van der Waals surface area contributed by atoms with Crippen LogP contribution < -0.4 is 10.2 Å². The Morgan fingerprint density at radius 3 is 1.94 bits per heavy atom. The van der Waals surface area contributed by atoms with Crippen molar-refractivity contribution >= 4 is 29.5 Å². The van der Waals surface area contributed by atoms with E-state index in [1.807, 2.05) is 74.3 Å².